The number of rotatable bonds is 5. The van der Waals surface area contributed by atoms with Crippen molar-refractivity contribution in [2.24, 2.45) is 28.6 Å². The van der Waals surface area contributed by atoms with Crippen LogP contribution in [0.1, 0.15) is 32.3 Å². The molecule has 0 fully saturated rings. The molecule has 1 heterocycles. The average Bonchev–Trinajstić information content (AvgIpc) is 2.46. The van der Waals surface area contributed by atoms with Crippen LogP contribution in [0.4, 0.5) is 5.82 Å². The Labute approximate surface area is 130 Å². The van der Waals surface area contributed by atoms with E-state index in [1.54, 1.807) is 12.3 Å². The molecule has 0 saturated carbocycles. The van der Waals surface area contributed by atoms with Crippen molar-refractivity contribution in [3.63, 3.8) is 0 Å². The molecule has 0 unspecified atom stereocenters. The summed E-state index contributed by atoms with van der Waals surface area (Å²) in [4.78, 5) is 14.7. The van der Waals surface area contributed by atoms with Crippen LogP contribution in [-0.2, 0) is 4.79 Å². The van der Waals surface area contributed by atoms with Crippen LogP contribution in [0.15, 0.2) is 23.4 Å². The van der Waals surface area contributed by atoms with Gasteiger partial charge in [0.05, 0.1) is 5.92 Å². The number of aromatic nitrogens is 1. The predicted octanol–water partition coefficient (Wildman–Crippen LogP) is 0.831. The molecule has 124 valence electrons. The number of aryl methyl sites for hydroxylation is 1. The van der Waals surface area contributed by atoms with Gasteiger partial charge in [0.1, 0.15) is 11.7 Å². The molecular formula is C14H26N6O2. The van der Waals surface area contributed by atoms with E-state index >= 15 is 0 Å². The van der Waals surface area contributed by atoms with Crippen LogP contribution in [0.25, 0.3) is 0 Å². The molecule has 0 aliphatic rings. The first kappa shape index (κ1) is 19.7. The van der Waals surface area contributed by atoms with Gasteiger partial charge in [-0.25, -0.2) is 10.8 Å². The number of carbonyl (C=O) groups is 1. The number of anilines is 1. The van der Waals surface area contributed by atoms with Gasteiger partial charge >= 0.3 is 5.97 Å². The summed E-state index contributed by atoms with van der Waals surface area (Å²) in [5, 5.41) is 12.3. The summed E-state index contributed by atoms with van der Waals surface area (Å²) < 4.78 is 0. The van der Waals surface area contributed by atoms with Crippen molar-refractivity contribution in [2.75, 3.05) is 5.73 Å². The lowest BCUT2D eigenvalue weighted by atomic mass is 9.94. The van der Waals surface area contributed by atoms with Crippen LogP contribution < -0.4 is 22.8 Å². The zero-order valence-electron chi connectivity index (χ0n) is 13.3. The Morgan fingerprint density at radius 2 is 2.09 bits per heavy atom. The third kappa shape index (κ3) is 8.75. The molecule has 0 saturated heterocycles. The number of nitrogens with one attached hydrogen (secondary N) is 1. The molecule has 0 amide bonds. The fourth-order valence-corrected chi connectivity index (χ4v) is 1.70. The van der Waals surface area contributed by atoms with E-state index in [1.165, 1.54) is 0 Å². The summed E-state index contributed by atoms with van der Waals surface area (Å²) in [5.41, 5.74) is 8.73. The number of aliphatic carboxylic acids is 1. The molecule has 0 spiro atoms. The van der Waals surface area contributed by atoms with Crippen molar-refractivity contribution in [3.05, 3.63) is 23.9 Å². The molecule has 0 radical (unpaired) electrons. The van der Waals surface area contributed by atoms with Gasteiger partial charge in [-0.1, -0.05) is 19.9 Å². The van der Waals surface area contributed by atoms with E-state index in [-0.39, 0.29) is 6.42 Å². The first-order valence-electron chi connectivity index (χ1n) is 6.94. The number of pyridine rings is 1. The van der Waals surface area contributed by atoms with Crippen LogP contribution >= 0.6 is 0 Å². The average molecular weight is 310 g/mol. The van der Waals surface area contributed by atoms with Crippen molar-refractivity contribution in [3.8, 4) is 0 Å². The van der Waals surface area contributed by atoms with Crippen molar-refractivity contribution < 1.29 is 9.90 Å². The lowest BCUT2D eigenvalue weighted by Gasteiger charge is -2.14. The Morgan fingerprint density at radius 3 is 2.41 bits per heavy atom. The normalized spacial score (nSPS) is 12.3. The van der Waals surface area contributed by atoms with Crippen LogP contribution in [0.5, 0.6) is 0 Å². The fraction of sp³-hybridized carbons (Fsp3) is 0.500. The number of hydrogen-bond acceptors (Lipinski definition) is 6. The van der Waals surface area contributed by atoms with E-state index in [0.29, 0.717) is 24.0 Å². The SMILES string of the molecule is CC(C)C[C@@H](C/C(=N/N)NN)C(=O)O.Cc1ccc(N)nc1. The van der Waals surface area contributed by atoms with Gasteiger partial charge in [0.25, 0.3) is 0 Å². The van der Waals surface area contributed by atoms with Crippen molar-refractivity contribution in [2.45, 2.75) is 33.6 Å². The molecule has 1 aromatic heterocycles. The fourth-order valence-electron chi connectivity index (χ4n) is 1.70. The van der Waals surface area contributed by atoms with E-state index in [4.69, 9.17) is 22.5 Å². The zero-order valence-corrected chi connectivity index (χ0v) is 13.3. The minimum Gasteiger partial charge on any atom is -0.481 e. The number of nitrogen functional groups attached to an aromatic ring is 1. The number of nitrogens with two attached hydrogens (primary N) is 3. The molecule has 8 N–H and O–H groups in total. The second-order valence-electron chi connectivity index (χ2n) is 5.35. The Morgan fingerprint density at radius 1 is 1.45 bits per heavy atom. The molecule has 0 bridgehead atoms. The summed E-state index contributed by atoms with van der Waals surface area (Å²) in [6.07, 6.45) is 2.56. The largest absolute Gasteiger partial charge is 0.481 e. The molecule has 1 rings (SSSR count). The van der Waals surface area contributed by atoms with Gasteiger partial charge in [-0.15, -0.1) is 0 Å². The van der Waals surface area contributed by atoms with Gasteiger partial charge in [-0.2, -0.15) is 5.10 Å². The zero-order chi connectivity index (χ0) is 17.1. The quantitative estimate of drug-likeness (QED) is 0.234. The highest BCUT2D eigenvalue weighted by molar-refractivity contribution is 5.85. The molecular weight excluding hydrogens is 284 g/mol. The molecule has 0 aliphatic heterocycles. The highest BCUT2D eigenvalue weighted by atomic mass is 16.4. The Hall–Kier alpha value is -2.35. The van der Waals surface area contributed by atoms with E-state index in [0.717, 1.165) is 5.56 Å². The number of carboxylic acid groups (broad SMARTS) is 1. The maximum atomic E-state index is 10.8. The monoisotopic (exact) mass is 310 g/mol. The van der Waals surface area contributed by atoms with E-state index in [1.807, 2.05) is 26.8 Å². The molecule has 8 nitrogen and oxygen atoms in total. The highest BCUT2D eigenvalue weighted by Gasteiger charge is 2.20. The number of nitrogens with zero attached hydrogens (tertiary/aromatic N) is 2. The number of hydrogen-bond donors (Lipinski definition) is 5. The van der Waals surface area contributed by atoms with Gasteiger partial charge in [-0.3, -0.25) is 4.79 Å². The number of carboxylic acids is 1. The third-order valence-electron chi connectivity index (χ3n) is 2.80. The lowest BCUT2D eigenvalue weighted by molar-refractivity contribution is -0.142. The van der Waals surface area contributed by atoms with Crippen LogP contribution in [0.3, 0.4) is 0 Å². The molecule has 0 aliphatic carbocycles. The van der Waals surface area contributed by atoms with Crippen molar-refractivity contribution in [1.29, 1.82) is 0 Å². The minimum atomic E-state index is -0.852. The standard InChI is InChI=1S/C8H18N4O2.C6H8N2/c1-5(2)3-6(8(13)14)4-7(11-9)12-10;1-5-2-3-6(7)8-4-5/h5-6H,3-4,9-10H2,1-2H3,(H,11,12)(H,13,14);2-4H,1H3,(H2,7,8)/t6-;/m0./s1. The van der Waals surface area contributed by atoms with E-state index < -0.39 is 11.9 Å². The molecule has 1 atom stereocenters. The van der Waals surface area contributed by atoms with Crippen molar-refractivity contribution in [1.82, 2.24) is 10.4 Å². The second kappa shape index (κ2) is 10.4. The second-order valence-corrected chi connectivity index (χ2v) is 5.35. The van der Waals surface area contributed by atoms with E-state index in [2.05, 4.69) is 15.5 Å². The Kier molecular flexibility index (Phi) is 9.28. The summed E-state index contributed by atoms with van der Waals surface area (Å²) in [7, 11) is 0. The van der Waals surface area contributed by atoms with Crippen molar-refractivity contribution >= 4 is 17.6 Å². The smallest absolute Gasteiger partial charge is 0.306 e. The van der Waals surface area contributed by atoms with Gasteiger partial charge in [0, 0.05) is 12.6 Å². The van der Waals surface area contributed by atoms with Crippen LogP contribution in [0, 0.1) is 18.8 Å². The molecule has 8 heteroatoms. The predicted molar refractivity (Wildman–Crippen MR) is 87.5 cm³/mol. The summed E-state index contributed by atoms with van der Waals surface area (Å²) in [6.45, 7) is 5.91. The van der Waals surface area contributed by atoms with Gasteiger partial charge in [0.15, 0.2) is 0 Å². The summed E-state index contributed by atoms with van der Waals surface area (Å²) in [6, 6.07) is 3.72. The summed E-state index contributed by atoms with van der Waals surface area (Å²) in [5.74, 6) is 9.98. The first-order chi connectivity index (χ1) is 10.3. The Bertz CT molecular complexity index is 452. The van der Waals surface area contributed by atoms with Crippen LogP contribution in [0.2, 0.25) is 0 Å². The summed E-state index contributed by atoms with van der Waals surface area (Å²) >= 11 is 0. The third-order valence-corrected chi connectivity index (χ3v) is 2.80. The number of hydrazine groups is 1. The highest BCUT2D eigenvalue weighted by Crippen LogP contribution is 2.15. The van der Waals surface area contributed by atoms with Gasteiger partial charge in [-0.05, 0) is 30.9 Å². The lowest BCUT2D eigenvalue weighted by Crippen LogP contribution is -2.34. The number of amidine groups is 1. The number of hydrazone groups is 1. The maximum Gasteiger partial charge on any atom is 0.306 e. The van der Waals surface area contributed by atoms with Gasteiger partial charge in [0.2, 0.25) is 0 Å². The Balaban J connectivity index is 0.000000461. The topological polar surface area (TPSA) is 153 Å². The van der Waals surface area contributed by atoms with E-state index in [9.17, 15) is 4.79 Å². The van der Waals surface area contributed by atoms with Gasteiger partial charge < -0.3 is 22.1 Å². The molecule has 0 aromatic carbocycles. The first-order valence-corrected chi connectivity index (χ1v) is 6.94. The minimum absolute atomic E-state index is 0.237. The molecule has 22 heavy (non-hydrogen) atoms. The van der Waals surface area contributed by atoms with Crippen LogP contribution in [-0.4, -0.2) is 21.9 Å². The maximum absolute atomic E-state index is 10.8. The molecule has 1 aromatic rings.